The van der Waals surface area contributed by atoms with Crippen molar-refractivity contribution < 1.29 is 18.6 Å². The van der Waals surface area contributed by atoms with Gasteiger partial charge in [0.25, 0.3) is 0 Å². The van der Waals surface area contributed by atoms with E-state index in [9.17, 15) is 18.6 Å². The van der Waals surface area contributed by atoms with Gasteiger partial charge in [-0.3, -0.25) is 9.36 Å². The molecule has 2 rings (SSSR count). The molecule has 1 aromatic carbocycles. The average molecular weight is 297 g/mol. The van der Waals surface area contributed by atoms with E-state index in [4.69, 9.17) is 0 Å². The van der Waals surface area contributed by atoms with Crippen molar-refractivity contribution in [2.75, 3.05) is 6.16 Å². The first-order chi connectivity index (χ1) is 9.47. The fourth-order valence-electron chi connectivity index (χ4n) is 2.50. The van der Waals surface area contributed by atoms with E-state index >= 15 is 0 Å². The van der Waals surface area contributed by atoms with Gasteiger partial charge in [-0.05, 0) is 24.5 Å². The van der Waals surface area contributed by atoms with Crippen molar-refractivity contribution in [3.8, 4) is 0 Å². The second-order valence-electron chi connectivity index (χ2n) is 5.00. The van der Waals surface area contributed by atoms with Gasteiger partial charge in [-0.1, -0.05) is 24.3 Å². The lowest BCUT2D eigenvalue weighted by Crippen LogP contribution is -2.33. The number of rotatable bonds is 7. The second kappa shape index (κ2) is 5.51. The molecule has 1 amide bonds. The molecule has 6 heteroatoms. The SMILES string of the molecule is C=CC1C[C@]1(NC=O)P(=O)(O)CCc1ccccc1F. The maximum atomic E-state index is 13.5. The molecule has 3 atom stereocenters. The van der Waals surface area contributed by atoms with Crippen LogP contribution in [-0.4, -0.2) is 22.7 Å². The third-order valence-electron chi connectivity index (χ3n) is 3.84. The molecule has 2 unspecified atom stereocenters. The van der Waals surface area contributed by atoms with Gasteiger partial charge in [0.05, 0.1) is 0 Å². The number of hydrogen-bond acceptors (Lipinski definition) is 2. The zero-order valence-corrected chi connectivity index (χ0v) is 11.9. The number of benzene rings is 1. The highest BCUT2D eigenvalue weighted by Crippen LogP contribution is 2.69. The predicted molar refractivity (Wildman–Crippen MR) is 75.0 cm³/mol. The lowest BCUT2D eigenvalue weighted by atomic mass is 10.2. The van der Waals surface area contributed by atoms with Crippen LogP contribution in [0.1, 0.15) is 12.0 Å². The molecule has 4 nitrogen and oxygen atoms in total. The first-order valence-corrected chi connectivity index (χ1v) is 8.20. The molecule has 1 aliphatic carbocycles. The van der Waals surface area contributed by atoms with Crippen LogP contribution < -0.4 is 5.32 Å². The monoisotopic (exact) mass is 297 g/mol. The van der Waals surface area contributed by atoms with Gasteiger partial charge >= 0.3 is 0 Å². The second-order valence-corrected chi connectivity index (χ2v) is 7.65. The van der Waals surface area contributed by atoms with Crippen molar-refractivity contribution in [2.45, 2.75) is 18.1 Å². The number of hydrogen-bond donors (Lipinski definition) is 2. The summed E-state index contributed by atoms with van der Waals surface area (Å²) in [5.74, 6) is -0.592. The van der Waals surface area contributed by atoms with Crippen molar-refractivity contribution in [1.29, 1.82) is 0 Å². The fourth-order valence-corrected chi connectivity index (χ4v) is 4.80. The van der Waals surface area contributed by atoms with E-state index in [1.807, 2.05) is 0 Å². The zero-order valence-electron chi connectivity index (χ0n) is 11.0. The minimum atomic E-state index is -3.64. The molecule has 1 saturated carbocycles. The largest absolute Gasteiger partial charge is 0.344 e. The van der Waals surface area contributed by atoms with Crippen LogP contribution in [0.5, 0.6) is 0 Å². The molecule has 0 saturated heterocycles. The van der Waals surface area contributed by atoms with Gasteiger partial charge in [0.1, 0.15) is 11.1 Å². The molecular formula is C14H17FNO3P. The van der Waals surface area contributed by atoms with Gasteiger partial charge < -0.3 is 10.2 Å². The Bertz CT molecular complexity index is 577. The summed E-state index contributed by atoms with van der Waals surface area (Å²) in [5, 5.41) is 1.36. The third kappa shape index (κ3) is 2.56. The smallest absolute Gasteiger partial charge is 0.226 e. The number of nitrogens with one attached hydrogen (secondary N) is 1. The normalized spacial score (nSPS) is 27.4. The molecule has 0 bridgehead atoms. The van der Waals surface area contributed by atoms with Crippen molar-refractivity contribution in [1.82, 2.24) is 5.32 Å². The maximum Gasteiger partial charge on any atom is 0.226 e. The van der Waals surface area contributed by atoms with Gasteiger partial charge in [0, 0.05) is 12.1 Å². The first kappa shape index (κ1) is 14.9. The minimum Gasteiger partial charge on any atom is -0.344 e. The maximum absolute atomic E-state index is 13.5. The third-order valence-corrected chi connectivity index (χ3v) is 6.56. The van der Waals surface area contributed by atoms with E-state index in [-0.39, 0.29) is 24.3 Å². The zero-order chi connectivity index (χ0) is 14.8. The summed E-state index contributed by atoms with van der Waals surface area (Å²) in [6, 6.07) is 6.17. The lowest BCUT2D eigenvalue weighted by molar-refractivity contribution is -0.110. The van der Waals surface area contributed by atoms with E-state index in [1.165, 1.54) is 6.07 Å². The summed E-state index contributed by atoms with van der Waals surface area (Å²) in [6.07, 6.45) is 2.50. The Kier molecular flexibility index (Phi) is 4.11. The summed E-state index contributed by atoms with van der Waals surface area (Å²) in [5.41, 5.74) is 0.402. The Hall–Kier alpha value is -1.45. The molecule has 1 aromatic rings. The van der Waals surface area contributed by atoms with Crippen LogP contribution in [0.25, 0.3) is 0 Å². The number of amides is 1. The first-order valence-electron chi connectivity index (χ1n) is 6.36. The fraction of sp³-hybridized carbons (Fsp3) is 0.357. The summed E-state index contributed by atoms with van der Waals surface area (Å²) in [6.45, 7) is 3.60. The van der Waals surface area contributed by atoms with E-state index in [0.29, 0.717) is 18.4 Å². The van der Waals surface area contributed by atoms with Gasteiger partial charge in [-0.2, -0.15) is 0 Å². The molecule has 1 fully saturated rings. The summed E-state index contributed by atoms with van der Waals surface area (Å²) >= 11 is 0. The molecule has 0 radical (unpaired) electrons. The van der Waals surface area contributed by atoms with Crippen LogP contribution in [0.3, 0.4) is 0 Å². The van der Waals surface area contributed by atoms with E-state index in [2.05, 4.69) is 11.9 Å². The molecule has 0 aromatic heterocycles. The van der Waals surface area contributed by atoms with Gasteiger partial charge in [-0.25, -0.2) is 4.39 Å². The molecule has 20 heavy (non-hydrogen) atoms. The number of carbonyl (C=O) groups is 1. The summed E-state index contributed by atoms with van der Waals surface area (Å²) < 4.78 is 26.0. The van der Waals surface area contributed by atoms with E-state index in [1.54, 1.807) is 24.3 Å². The quantitative estimate of drug-likeness (QED) is 0.461. The summed E-state index contributed by atoms with van der Waals surface area (Å²) in [7, 11) is -3.64. The van der Waals surface area contributed by atoms with Gasteiger partial charge in [-0.15, -0.1) is 6.58 Å². The van der Waals surface area contributed by atoms with Crippen LogP contribution in [0.15, 0.2) is 36.9 Å². The molecule has 0 spiro atoms. The van der Waals surface area contributed by atoms with Gasteiger partial charge in [0.2, 0.25) is 13.8 Å². The number of carbonyl (C=O) groups excluding carboxylic acids is 1. The summed E-state index contributed by atoms with van der Waals surface area (Å²) in [4.78, 5) is 20.9. The molecule has 0 aliphatic heterocycles. The molecular weight excluding hydrogens is 280 g/mol. The van der Waals surface area contributed by atoms with Crippen LogP contribution in [0.2, 0.25) is 0 Å². The predicted octanol–water partition coefficient (Wildman–Crippen LogP) is 2.29. The topological polar surface area (TPSA) is 66.4 Å². The van der Waals surface area contributed by atoms with Crippen LogP contribution >= 0.6 is 7.37 Å². The van der Waals surface area contributed by atoms with E-state index < -0.39 is 12.6 Å². The molecule has 0 heterocycles. The van der Waals surface area contributed by atoms with Crippen LogP contribution in [0, 0.1) is 11.7 Å². The highest BCUT2D eigenvalue weighted by Gasteiger charge is 2.63. The lowest BCUT2D eigenvalue weighted by Gasteiger charge is -2.23. The molecule has 2 N–H and O–H groups in total. The average Bonchev–Trinajstić information content (AvgIpc) is 3.14. The number of halogens is 1. The minimum absolute atomic E-state index is 0.0703. The Balaban J connectivity index is 2.11. The van der Waals surface area contributed by atoms with Gasteiger partial charge in [0.15, 0.2) is 0 Å². The Morgan fingerprint density at radius 3 is 2.80 bits per heavy atom. The molecule has 1 aliphatic rings. The Labute approximate surface area is 117 Å². The van der Waals surface area contributed by atoms with Crippen LogP contribution in [0.4, 0.5) is 4.39 Å². The van der Waals surface area contributed by atoms with Crippen molar-refractivity contribution in [3.05, 3.63) is 48.3 Å². The highest BCUT2D eigenvalue weighted by molar-refractivity contribution is 7.60. The van der Waals surface area contributed by atoms with Crippen molar-refractivity contribution in [3.63, 3.8) is 0 Å². The Morgan fingerprint density at radius 2 is 2.25 bits per heavy atom. The highest BCUT2D eigenvalue weighted by atomic mass is 31.2. The standard InChI is InChI=1S/C14H17FNO3P/c1-2-12-9-14(12,16-10-17)20(18,19)8-7-11-5-3-4-6-13(11)15/h2-6,10,12H,1,7-9H2,(H,16,17)(H,18,19)/t12?,14-/m0/s1. The van der Waals surface area contributed by atoms with Crippen LogP contribution in [-0.2, 0) is 15.8 Å². The van der Waals surface area contributed by atoms with Crippen molar-refractivity contribution in [2.24, 2.45) is 5.92 Å². The van der Waals surface area contributed by atoms with E-state index in [0.717, 1.165) is 0 Å². The Morgan fingerprint density at radius 1 is 1.55 bits per heavy atom. The number of aryl methyl sites for hydroxylation is 1. The molecule has 108 valence electrons. The van der Waals surface area contributed by atoms with Crippen molar-refractivity contribution >= 4 is 13.8 Å².